The van der Waals surface area contributed by atoms with Crippen LogP contribution in [0.15, 0.2) is 30.3 Å². The van der Waals surface area contributed by atoms with E-state index in [1.807, 2.05) is 30.3 Å². The molecule has 2 unspecified atom stereocenters. The number of aryl methyl sites for hydroxylation is 1. The molecule has 1 heterocycles. The fraction of sp³-hybridized carbons (Fsp3) is 0.526. The van der Waals surface area contributed by atoms with Crippen molar-refractivity contribution in [2.45, 2.75) is 57.7 Å². The zero-order valence-electron chi connectivity index (χ0n) is 15.2. The molecule has 1 saturated heterocycles. The number of nitrogens with zero attached hydrogens (tertiary/aromatic N) is 1. The summed E-state index contributed by atoms with van der Waals surface area (Å²) < 4.78 is -0.626. The van der Waals surface area contributed by atoms with E-state index in [1.165, 1.54) is 0 Å². The first-order valence-electron chi connectivity index (χ1n) is 8.97. The van der Waals surface area contributed by atoms with Gasteiger partial charge in [0.1, 0.15) is 18.1 Å². The Labute approximate surface area is 153 Å². The van der Waals surface area contributed by atoms with Gasteiger partial charge in [-0.25, -0.2) is 4.79 Å². The number of rotatable bonds is 7. The second-order valence-corrected chi connectivity index (χ2v) is 7.01. The van der Waals surface area contributed by atoms with E-state index in [0.717, 1.165) is 5.56 Å². The normalized spacial score (nSPS) is 24.8. The highest BCUT2D eigenvalue weighted by Gasteiger charge is 2.54. The first-order chi connectivity index (χ1) is 12.3. The summed E-state index contributed by atoms with van der Waals surface area (Å²) in [5.74, 6) is -1.52. The monoisotopic (exact) mass is 363 g/mol. The van der Waals surface area contributed by atoms with Crippen molar-refractivity contribution < 1.29 is 29.1 Å². The summed E-state index contributed by atoms with van der Waals surface area (Å²) in [6.07, 6.45) is 1.05. The highest BCUT2D eigenvalue weighted by molar-refractivity contribution is 5.85. The van der Waals surface area contributed by atoms with Crippen molar-refractivity contribution >= 4 is 18.0 Å². The lowest BCUT2D eigenvalue weighted by molar-refractivity contribution is -0.793. The summed E-state index contributed by atoms with van der Waals surface area (Å²) in [6.45, 7) is 3.56. The molecule has 1 aliphatic heterocycles. The van der Waals surface area contributed by atoms with E-state index >= 15 is 0 Å². The van der Waals surface area contributed by atoms with E-state index in [9.17, 15) is 24.6 Å². The minimum Gasteiger partial charge on any atom is -0.480 e. The van der Waals surface area contributed by atoms with E-state index < -0.39 is 34.5 Å². The molecule has 0 radical (unpaired) electrons. The molecule has 0 aliphatic carbocycles. The minimum atomic E-state index is -1.16. The van der Waals surface area contributed by atoms with Crippen LogP contribution < -0.4 is 5.32 Å². The molecule has 7 heteroatoms. The van der Waals surface area contributed by atoms with Crippen LogP contribution in [0.3, 0.4) is 0 Å². The fourth-order valence-electron chi connectivity index (χ4n) is 3.74. The van der Waals surface area contributed by atoms with E-state index in [1.54, 1.807) is 13.8 Å². The van der Waals surface area contributed by atoms with E-state index in [2.05, 4.69) is 5.32 Å². The van der Waals surface area contributed by atoms with Crippen LogP contribution in [0.4, 0.5) is 4.79 Å². The van der Waals surface area contributed by atoms with Crippen LogP contribution in [0.2, 0.25) is 0 Å². The molecular formula is C19H27N2O5+. The van der Waals surface area contributed by atoms with Crippen molar-refractivity contribution in [3.8, 4) is 0 Å². The van der Waals surface area contributed by atoms with Crippen molar-refractivity contribution in [3.63, 3.8) is 0 Å². The third kappa shape index (κ3) is 4.11. The number of carboxylic acids is 1. The first-order valence-corrected chi connectivity index (χ1v) is 8.97. The highest BCUT2D eigenvalue weighted by Crippen LogP contribution is 2.29. The number of quaternary nitrogens is 1. The summed E-state index contributed by atoms with van der Waals surface area (Å²) in [7, 11) is 0. The van der Waals surface area contributed by atoms with E-state index in [-0.39, 0.29) is 12.6 Å². The van der Waals surface area contributed by atoms with Gasteiger partial charge in [-0.1, -0.05) is 30.3 Å². The summed E-state index contributed by atoms with van der Waals surface area (Å²) in [6, 6.07) is 7.43. The number of amides is 2. The molecule has 0 spiro atoms. The Morgan fingerprint density at radius 1 is 1.23 bits per heavy atom. The van der Waals surface area contributed by atoms with Crippen LogP contribution in [-0.4, -0.2) is 57.3 Å². The molecule has 3 N–H and O–H groups in total. The van der Waals surface area contributed by atoms with E-state index in [4.69, 9.17) is 0 Å². The number of nitrogens with one attached hydrogen (secondary N) is 1. The van der Waals surface area contributed by atoms with Gasteiger partial charge in [-0.2, -0.15) is 9.28 Å². The molecule has 1 aliphatic rings. The molecule has 1 fully saturated rings. The molecule has 1 aromatic carbocycles. The Morgan fingerprint density at radius 2 is 1.88 bits per heavy atom. The predicted octanol–water partition coefficient (Wildman–Crippen LogP) is 2.25. The van der Waals surface area contributed by atoms with Crippen LogP contribution in [0, 0.1) is 0 Å². The Morgan fingerprint density at radius 3 is 2.38 bits per heavy atom. The molecule has 1 aromatic rings. The van der Waals surface area contributed by atoms with Gasteiger partial charge in [-0.05, 0) is 32.3 Å². The second-order valence-electron chi connectivity index (χ2n) is 7.01. The summed E-state index contributed by atoms with van der Waals surface area (Å²) in [4.78, 5) is 36.3. The van der Waals surface area contributed by atoms with E-state index in [0.29, 0.717) is 25.7 Å². The zero-order valence-corrected chi connectivity index (χ0v) is 15.2. The first kappa shape index (κ1) is 20.1. The highest BCUT2D eigenvalue weighted by atomic mass is 16.4. The van der Waals surface area contributed by atoms with Gasteiger partial charge < -0.3 is 10.2 Å². The number of carbonyl (C=O) groups excluding carboxylic acids is 1. The molecule has 2 rings (SSSR count). The molecule has 0 saturated carbocycles. The maximum Gasteiger partial charge on any atom is 0.521 e. The van der Waals surface area contributed by atoms with Crippen molar-refractivity contribution in [2.75, 3.05) is 6.54 Å². The molecule has 4 atom stereocenters. The Bertz CT molecular complexity index is 663. The maximum atomic E-state index is 12.9. The Balaban J connectivity index is 2.06. The van der Waals surface area contributed by atoms with Gasteiger partial charge in [0.25, 0.3) is 0 Å². The van der Waals surface area contributed by atoms with Gasteiger partial charge >= 0.3 is 18.0 Å². The van der Waals surface area contributed by atoms with Crippen molar-refractivity contribution in [3.05, 3.63) is 35.9 Å². The Hall–Kier alpha value is -2.25. The predicted molar refractivity (Wildman–Crippen MR) is 95.6 cm³/mol. The number of imide groups is 1. The van der Waals surface area contributed by atoms with Gasteiger partial charge in [0.2, 0.25) is 0 Å². The van der Waals surface area contributed by atoms with Crippen LogP contribution >= 0.6 is 0 Å². The maximum absolute atomic E-state index is 12.9. The lowest BCUT2D eigenvalue weighted by Crippen LogP contribution is -2.64. The van der Waals surface area contributed by atoms with Crippen LogP contribution in [0.5, 0.6) is 0 Å². The molecular weight excluding hydrogens is 336 g/mol. The van der Waals surface area contributed by atoms with Gasteiger partial charge in [0, 0.05) is 12.8 Å². The number of aliphatic carboxylic acids is 1. The SMILES string of the molecule is CC(NC(CCc1ccccc1)C(=O)O)C(=O)[N@+]1(C(=O)O)CCC[C@@H]1C. The number of benzene rings is 1. The zero-order chi connectivity index (χ0) is 19.3. The summed E-state index contributed by atoms with van der Waals surface area (Å²) >= 11 is 0. The fourth-order valence-corrected chi connectivity index (χ4v) is 3.74. The smallest absolute Gasteiger partial charge is 0.480 e. The van der Waals surface area contributed by atoms with Crippen molar-refractivity contribution in [1.82, 2.24) is 5.32 Å². The van der Waals surface area contributed by atoms with Crippen LogP contribution in [0.25, 0.3) is 0 Å². The van der Waals surface area contributed by atoms with Crippen LogP contribution in [-0.2, 0) is 16.0 Å². The van der Waals surface area contributed by atoms with Gasteiger partial charge in [0.15, 0.2) is 0 Å². The number of hydrogen-bond acceptors (Lipinski definition) is 4. The lowest BCUT2D eigenvalue weighted by Gasteiger charge is -2.32. The lowest BCUT2D eigenvalue weighted by atomic mass is 10.0. The summed E-state index contributed by atoms with van der Waals surface area (Å²) in [5.41, 5.74) is 1.02. The number of carboxylic acid groups (broad SMARTS) is 2. The largest absolute Gasteiger partial charge is 0.521 e. The van der Waals surface area contributed by atoms with Gasteiger partial charge in [-0.15, -0.1) is 0 Å². The third-order valence-electron chi connectivity index (χ3n) is 5.30. The third-order valence-corrected chi connectivity index (χ3v) is 5.30. The van der Waals surface area contributed by atoms with Crippen molar-refractivity contribution in [1.29, 1.82) is 0 Å². The molecule has 0 aromatic heterocycles. The number of carbonyl (C=O) groups is 3. The Kier molecular flexibility index (Phi) is 6.50. The average Bonchev–Trinajstić information content (AvgIpc) is 3.00. The molecule has 2 amide bonds. The summed E-state index contributed by atoms with van der Waals surface area (Å²) in [5, 5.41) is 22.0. The standard InChI is InChI=1S/C19H26N2O5/c1-13-7-6-12-21(13,19(25)26)17(22)14(2)20-16(18(23)24)11-10-15-8-4-3-5-9-15/h3-5,8-9,13-14,16,20H,6-7,10-12H2,1-2H3,(H-,23,24,25,26)/p+1/t13-,14?,16?,21-/m0/s1. The second kappa shape index (κ2) is 8.42. The van der Waals surface area contributed by atoms with Crippen LogP contribution in [0.1, 0.15) is 38.7 Å². The topological polar surface area (TPSA) is 104 Å². The van der Waals surface area contributed by atoms with Crippen molar-refractivity contribution in [2.24, 2.45) is 0 Å². The average molecular weight is 363 g/mol. The quantitative estimate of drug-likeness (QED) is 0.642. The number of likely N-dealkylation sites (tertiary alicyclic amines) is 1. The minimum absolute atomic E-state index is 0.253. The molecule has 0 bridgehead atoms. The van der Waals surface area contributed by atoms with Gasteiger partial charge in [0.05, 0.1) is 6.54 Å². The molecule has 7 nitrogen and oxygen atoms in total. The molecule has 142 valence electrons. The molecule has 26 heavy (non-hydrogen) atoms. The van der Waals surface area contributed by atoms with Gasteiger partial charge in [-0.3, -0.25) is 10.1 Å². The number of hydrogen-bond donors (Lipinski definition) is 3.